The molecule has 5 rings (SSSR count). The molecule has 5 aliphatic rings. The van der Waals surface area contributed by atoms with Crippen molar-refractivity contribution in [3.8, 4) is 24.3 Å². The Kier molecular flexibility index (Phi) is 2.83. The summed E-state index contributed by atoms with van der Waals surface area (Å²) in [7, 11) is 0. The van der Waals surface area contributed by atoms with Crippen LogP contribution in [0.3, 0.4) is 0 Å². The van der Waals surface area contributed by atoms with Gasteiger partial charge < -0.3 is 0 Å². The molecule has 5 aliphatic carbocycles. The Labute approximate surface area is 142 Å². The molecule has 0 heterocycles. The van der Waals surface area contributed by atoms with E-state index in [0.29, 0.717) is 47.3 Å². The molecule has 5 saturated carbocycles. The van der Waals surface area contributed by atoms with Crippen LogP contribution >= 0.6 is 0 Å². The van der Waals surface area contributed by atoms with E-state index in [4.69, 9.17) is 0 Å². The van der Waals surface area contributed by atoms with Crippen molar-refractivity contribution in [3.63, 3.8) is 0 Å². The van der Waals surface area contributed by atoms with Gasteiger partial charge in [-0.25, -0.2) is 0 Å². The SMILES string of the molecule is N#CC1C(C#N)C2CC1C1CC3C4CC(C(C#N)C4C#N)C3CC21. The van der Waals surface area contributed by atoms with Crippen molar-refractivity contribution in [1.82, 2.24) is 0 Å². The van der Waals surface area contributed by atoms with Crippen LogP contribution in [-0.2, 0) is 0 Å². The van der Waals surface area contributed by atoms with E-state index in [9.17, 15) is 21.0 Å². The highest BCUT2D eigenvalue weighted by Gasteiger charge is 2.66. The number of nitriles is 4. The predicted molar refractivity (Wildman–Crippen MR) is 82.8 cm³/mol. The molecule has 0 aromatic rings. The molecular weight excluding hydrogens is 296 g/mol. The summed E-state index contributed by atoms with van der Waals surface area (Å²) in [6.07, 6.45) is 4.41. The molecule has 12 unspecified atom stereocenters. The van der Waals surface area contributed by atoms with Gasteiger partial charge >= 0.3 is 0 Å². The maximum absolute atomic E-state index is 9.54. The summed E-state index contributed by atoms with van der Waals surface area (Å²) in [5.74, 6) is 3.67. The van der Waals surface area contributed by atoms with Crippen LogP contribution in [0.4, 0.5) is 0 Å². The standard InChI is InChI=1S/C20H20N4/c21-5-17-13-3-15(19(17)7-23)11-2-12-10(1-9(11)13)14-4-16(12)20(8-24)18(14)6-22/h9-20H,1-4H2. The molecule has 12 atom stereocenters. The lowest BCUT2D eigenvalue weighted by Crippen LogP contribution is -2.45. The average Bonchev–Trinajstić information content (AvgIpc) is 3.34. The number of rotatable bonds is 0. The zero-order chi connectivity index (χ0) is 16.6. The molecule has 0 aromatic carbocycles. The highest BCUT2D eigenvalue weighted by Crippen LogP contribution is 2.70. The van der Waals surface area contributed by atoms with Crippen molar-refractivity contribution >= 4 is 0 Å². The van der Waals surface area contributed by atoms with Gasteiger partial charge in [0.1, 0.15) is 0 Å². The zero-order valence-electron chi connectivity index (χ0n) is 13.5. The van der Waals surface area contributed by atoms with Gasteiger partial charge in [-0.1, -0.05) is 0 Å². The summed E-state index contributed by atoms with van der Waals surface area (Å²) in [5.41, 5.74) is 0. The van der Waals surface area contributed by atoms with E-state index in [1.165, 1.54) is 0 Å². The molecule has 0 spiro atoms. The van der Waals surface area contributed by atoms with Crippen LogP contribution in [0.15, 0.2) is 0 Å². The van der Waals surface area contributed by atoms with E-state index in [2.05, 4.69) is 24.3 Å². The molecular formula is C20H20N4. The summed E-state index contributed by atoms with van der Waals surface area (Å²) < 4.78 is 0. The van der Waals surface area contributed by atoms with Crippen LogP contribution in [-0.4, -0.2) is 0 Å². The molecule has 4 nitrogen and oxygen atoms in total. The third-order valence-corrected chi connectivity index (χ3v) is 8.69. The third-order valence-electron chi connectivity index (χ3n) is 8.69. The van der Waals surface area contributed by atoms with Crippen molar-refractivity contribution in [2.75, 3.05) is 0 Å². The first kappa shape index (κ1) is 14.3. The van der Waals surface area contributed by atoms with Crippen molar-refractivity contribution in [2.45, 2.75) is 25.7 Å². The molecule has 0 radical (unpaired) electrons. The summed E-state index contributed by atoms with van der Waals surface area (Å²) in [5, 5.41) is 38.2. The van der Waals surface area contributed by atoms with Crippen LogP contribution < -0.4 is 0 Å². The Morgan fingerprint density at radius 2 is 0.583 bits per heavy atom. The minimum atomic E-state index is -0.0741. The van der Waals surface area contributed by atoms with Crippen LogP contribution in [0, 0.1) is 116 Å². The Hall–Kier alpha value is -2.04. The second kappa shape index (κ2) is 4.74. The minimum Gasteiger partial charge on any atom is -0.198 e. The van der Waals surface area contributed by atoms with Crippen molar-refractivity contribution in [2.24, 2.45) is 71.0 Å². The van der Waals surface area contributed by atoms with E-state index in [-0.39, 0.29) is 23.7 Å². The van der Waals surface area contributed by atoms with Gasteiger partial charge in [-0.15, -0.1) is 0 Å². The van der Waals surface area contributed by atoms with Gasteiger partial charge in [-0.2, -0.15) is 21.0 Å². The number of fused-ring (bicyclic) bond motifs is 10. The van der Waals surface area contributed by atoms with E-state index in [1.54, 1.807) is 0 Å². The lowest BCUT2D eigenvalue weighted by atomic mass is 9.54. The third kappa shape index (κ3) is 1.47. The summed E-state index contributed by atoms with van der Waals surface area (Å²) in [4.78, 5) is 0. The Balaban J connectivity index is 1.46. The van der Waals surface area contributed by atoms with Gasteiger partial charge in [0.2, 0.25) is 0 Å². The topological polar surface area (TPSA) is 95.2 Å². The Bertz CT molecular complexity index is 622. The van der Waals surface area contributed by atoms with Gasteiger partial charge in [-0.3, -0.25) is 0 Å². The molecule has 4 bridgehead atoms. The highest BCUT2D eigenvalue weighted by molar-refractivity contribution is 5.22. The average molecular weight is 316 g/mol. The number of hydrogen-bond donors (Lipinski definition) is 0. The van der Waals surface area contributed by atoms with Gasteiger partial charge in [0, 0.05) is 0 Å². The maximum Gasteiger partial charge on any atom is 0.0672 e. The Morgan fingerprint density at radius 1 is 0.375 bits per heavy atom. The van der Waals surface area contributed by atoms with Crippen LogP contribution in [0.2, 0.25) is 0 Å². The molecule has 24 heavy (non-hydrogen) atoms. The molecule has 120 valence electrons. The smallest absolute Gasteiger partial charge is 0.0672 e. The van der Waals surface area contributed by atoms with Crippen molar-refractivity contribution in [3.05, 3.63) is 0 Å². The van der Waals surface area contributed by atoms with Crippen molar-refractivity contribution in [1.29, 1.82) is 21.0 Å². The summed E-state index contributed by atoms with van der Waals surface area (Å²) in [6, 6.07) is 9.77. The molecule has 5 fully saturated rings. The van der Waals surface area contributed by atoms with Crippen LogP contribution in [0.25, 0.3) is 0 Å². The number of hydrogen-bond acceptors (Lipinski definition) is 4. The lowest BCUT2D eigenvalue weighted by molar-refractivity contribution is 0.000533. The highest BCUT2D eigenvalue weighted by atomic mass is 14.7. The first-order valence-electron chi connectivity index (χ1n) is 9.32. The lowest BCUT2D eigenvalue weighted by Gasteiger charge is -2.48. The quantitative estimate of drug-likeness (QED) is 0.686. The minimum absolute atomic E-state index is 0.0741. The van der Waals surface area contributed by atoms with Gasteiger partial charge in [0.15, 0.2) is 0 Å². The van der Waals surface area contributed by atoms with Crippen LogP contribution in [0.1, 0.15) is 25.7 Å². The summed E-state index contributed by atoms with van der Waals surface area (Å²) in [6.45, 7) is 0. The maximum atomic E-state index is 9.54. The monoisotopic (exact) mass is 316 g/mol. The fourth-order valence-electron chi connectivity index (χ4n) is 8.05. The van der Waals surface area contributed by atoms with Gasteiger partial charge in [0.25, 0.3) is 0 Å². The molecule has 4 heteroatoms. The summed E-state index contributed by atoms with van der Waals surface area (Å²) >= 11 is 0. The van der Waals surface area contributed by atoms with E-state index >= 15 is 0 Å². The van der Waals surface area contributed by atoms with Crippen LogP contribution in [0.5, 0.6) is 0 Å². The molecule has 0 aromatic heterocycles. The first-order valence-corrected chi connectivity index (χ1v) is 9.32. The molecule has 0 N–H and O–H groups in total. The molecule has 0 amide bonds. The van der Waals surface area contributed by atoms with E-state index in [1.807, 2.05) is 0 Å². The Morgan fingerprint density at radius 3 is 0.792 bits per heavy atom. The predicted octanol–water partition coefficient (Wildman–Crippen LogP) is 3.10. The fourth-order valence-corrected chi connectivity index (χ4v) is 8.05. The van der Waals surface area contributed by atoms with Crippen molar-refractivity contribution < 1.29 is 0 Å². The second-order valence-corrected chi connectivity index (χ2v) is 8.87. The normalized spacial score (nSPS) is 58.8. The van der Waals surface area contributed by atoms with E-state index < -0.39 is 0 Å². The molecule has 0 aliphatic heterocycles. The fraction of sp³-hybridized carbons (Fsp3) is 0.800. The van der Waals surface area contributed by atoms with Gasteiger partial charge in [-0.05, 0) is 73.0 Å². The molecule has 0 saturated heterocycles. The number of nitrogens with zero attached hydrogens (tertiary/aromatic N) is 4. The van der Waals surface area contributed by atoms with E-state index in [0.717, 1.165) is 25.7 Å². The second-order valence-electron chi connectivity index (χ2n) is 8.87. The van der Waals surface area contributed by atoms with Gasteiger partial charge in [0.05, 0.1) is 47.9 Å². The largest absolute Gasteiger partial charge is 0.198 e. The first-order chi connectivity index (χ1) is 11.7. The zero-order valence-corrected chi connectivity index (χ0v) is 13.5.